The SMILES string of the molecule is Nc1nc2ccc(-c3cncc(S(=O)(=O)Nc4cc(C(F)(F)F)cc(C(F)(F)F)c4)c3)cn2n1. The second kappa shape index (κ2) is 7.86. The molecule has 0 bridgehead atoms. The molecule has 8 nitrogen and oxygen atoms in total. The number of pyridine rings is 2. The molecule has 0 amide bonds. The Morgan fingerprint density at radius 2 is 1.53 bits per heavy atom. The highest BCUT2D eigenvalue weighted by Gasteiger charge is 2.37. The van der Waals surface area contributed by atoms with Crippen molar-refractivity contribution >= 4 is 27.3 Å². The van der Waals surface area contributed by atoms with Gasteiger partial charge in [-0.3, -0.25) is 9.71 Å². The summed E-state index contributed by atoms with van der Waals surface area (Å²) in [6, 6.07) is 4.72. The molecule has 34 heavy (non-hydrogen) atoms. The summed E-state index contributed by atoms with van der Waals surface area (Å²) in [4.78, 5) is 7.28. The summed E-state index contributed by atoms with van der Waals surface area (Å²) in [5.74, 6) is 0.00937. The van der Waals surface area contributed by atoms with Gasteiger partial charge >= 0.3 is 12.4 Å². The standard InChI is InChI=1S/C19H12F6N6O2S/c20-18(21,22)12-4-13(19(23,24)25)6-14(5-12)30-34(32,33)15-3-11(7-27-8-15)10-1-2-16-28-17(26)29-31(16)9-10/h1-9,30H,(H2,26,29). The first kappa shape index (κ1) is 23.3. The number of anilines is 2. The number of benzene rings is 1. The monoisotopic (exact) mass is 502 g/mol. The van der Waals surface area contributed by atoms with E-state index in [9.17, 15) is 34.8 Å². The van der Waals surface area contributed by atoms with Gasteiger partial charge in [-0.2, -0.15) is 31.3 Å². The van der Waals surface area contributed by atoms with Crippen LogP contribution in [0.3, 0.4) is 0 Å². The minimum Gasteiger partial charge on any atom is -0.366 e. The van der Waals surface area contributed by atoms with Crippen molar-refractivity contribution < 1.29 is 34.8 Å². The van der Waals surface area contributed by atoms with Gasteiger partial charge in [0.2, 0.25) is 5.95 Å². The molecule has 3 N–H and O–H groups in total. The summed E-state index contributed by atoms with van der Waals surface area (Å²) < 4.78 is 107. The molecule has 0 spiro atoms. The topological polar surface area (TPSA) is 115 Å². The number of aromatic nitrogens is 4. The van der Waals surface area contributed by atoms with Crippen molar-refractivity contribution in [3.8, 4) is 11.1 Å². The number of nitrogen functional groups attached to an aromatic ring is 1. The van der Waals surface area contributed by atoms with Gasteiger partial charge in [0, 0.05) is 29.7 Å². The molecule has 0 aliphatic heterocycles. The minimum atomic E-state index is -5.13. The highest BCUT2D eigenvalue weighted by molar-refractivity contribution is 7.92. The Hall–Kier alpha value is -3.88. The van der Waals surface area contributed by atoms with Crippen molar-refractivity contribution in [3.05, 3.63) is 66.1 Å². The van der Waals surface area contributed by atoms with Gasteiger partial charge < -0.3 is 5.73 Å². The molecule has 0 aliphatic carbocycles. The second-order valence-electron chi connectivity index (χ2n) is 7.00. The molecule has 3 aromatic heterocycles. The molecular weight excluding hydrogens is 490 g/mol. The fourth-order valence-electron chi connectivity index (χ4n) is 3.02. The first-order chi connectivity index (χ1) is 15.7. The van der Waals surface area contributed by atoms with Crippen LogP contribution in [0.15, 0.2) is 59.9 Å². The third kappa shape index (κ3) is 4.73. The largest absolute Gasteiger partial charge is 0.416 e. The quantitative estimate of drug-likeness (QED) is 0.404. The summed E-state index contributed by atoms with van der Waals surface area (Å²) in [5, 5.41) is 3.93. The summed E-state index contributed by atoms with van der Waals surface area (Å²) >= 11 is 0. The van der Waals surface area contributed by atoms with Gasteiger partial charge in [0.1, 0.15) is 4.90 Å². The van der Waals surface area contributed by atoms with Crippen molar-refractivity contribution in [1.82, 2.24) is 19.6 Å². The Balaban J connectivity index is 1.71. The molecule has 0 atom stereocenters. The summed E-state index contributed by atoms with van der Waals surface area (Å²) in [7, 11) is -4.61. The Labute approximate surface area is 187 Å². The van der Waals surface area contributed by atoms with Crippen molar-refractivity contribution in [2.45, 2.75) is 17.2 Å². The molecular formula is C19H12F6N6O2S. The molecule has 3 heterocycles. The lowest BCUT2D eigenvalue weighted by molar-refractivity contribution is -0.143. The summed E-state index contributed by atoms with van der Waals surface area (Å²) in [6.07, 6.45) is -6.57. The zero-order valence-electron chi connectivity index (χ0n) is 16.6. The van der Waals surface area contributed by atoms with E-state index in [1.807, 2.05) is 0 Å². The average Bonchev–Trinajstić information content (AvgIpc) is 3.11. The third-order valence-electron chi connectivity index (χ3n) is 4.54. The number of nitrogens with zero attached hydrogens (tertiary/aromatic N) is 4. The van der Waals surface area contributed by atoms with E-state index >= 15 is 0 Å². The van der Waals surface area contributed by atoms with Crippen LogP contribution < -0.4 is 10.5 Å². The molecule has 0 unspecified atom stereocenters. The van der Waals surface area contributed by atoms with Crippen LogP contribution in [0, 0.1) is 0 Å². The normalized spacial score (nSPS) is 12.8. The van der Waals surface area contributed by atoms with E-state index in [0.717, 1.165) is 12.3 Å². The number of halogens is 6. The number of sulfonamides is 1. The highest BCUT2D eigenvalue weighted by atomic mass is 32.2. The molecule has 0 saturated heterocycles. The number of nitrogens with one attached hydrogen (secondary N) is 1. The maximum absolute atomic E-state index is 13.1. The Morgan fingerprint density at radius 3 is 2.15 bits per heavy atom. The fraction of sp³-hybridized carbons (Fsp3) is 0.105. The number of rotatable bonds is 4. The molecule has 15 heteroatoms. The predicted molar refractivity (Wildman–Crippen MR) is 108 cm³/mol. The summed E-state index contributed by atoms with van der Waals surface area (Å²) in [6.45, 7) is 0. The molecule has 4 rings (SSSR count). The lowest BCUT2D eigenvalue weighted by atomic mass is 10.1. The lowest BCUT2D eigenvalue weighted by Crippen LogP contribution is -2.16. The molecule has 0 aliphatic rings. The van der Waals surface area contributed by atoms with E-state index < -0.39 is 44.1 Å². The Bertz CT molecular complexity index is 1470. The van der Waals surface area contributed by atoms with Crippen LogP contribution in [0.4, 0.5) is 38.0 Å². The molecule has 1 aromatic carbocycles. The van der Waals surface area contributed by atoms with Gasteiger partial charge in [0.25, 0.3) is 10.0 Å². The van der Waals surface area contributed by atoms with E-state index in [1.165, 1.54) is 16.9 Å². The molecule has 0 saturated carbocycles. The van der Waals surface area contributed by atoms with E-state index in [1.54, 1.807) is 16.9 Å². The van der Waals surface area contributed by atoms with E-state index in [2.05, 4.69) is 15.1 Å². The van der Waals surface area contributed by atoms with Crippen LogP contribution in [-0.4, -0.2) is 28.0 Å². The lowest BCUT2D eigenvalue weighted by Gasteiger charge is -2.15. The number of fused-ring (bicyclic) bond motifs is 1. The maximum Gasteiger partial charge on any atom is 0.416 e. The van der Waals surface area contributed by atoms with Crippen LogP contribution >= 0.6 is 0 Å². The zero-order chi connectivity index (χ0) is 24.9. The van der Waals surface area contributed by atoms with Gasteiger partial charge in [-0.05, 0) is 36.4 Å². The van der Waals surface area contributed by atoms with Crippen LogP contribution in [0.1, 0.15) is 11.1 Å². The molecule has 178 valence electrons. The first-order valence-electron chi connectivity index (χ1n) is 9.12. The van der Waals surface area contributed by atoms with Crippen LogP contribution in [0.5, 0.6) is 0 Å². The van der Waals surface area contributed by atoms with Crippen LogP contribution in [-0.2, 0) is 22.4 Å². The van der Waals surface area contributed by atoms with Crippen LogP contribution in [0.2, 0.25) is 0 Å². The fourth-order valence-corrected chi connectivity index (χ4v) is 4.05. The van der Waals surface area contributed by atoms with Gasteiger partial charge in [-0.25, -0.2) is 12.9 Å². The highest BCUT2D eigenvalue weighted by Crippen LogP contribution is 2.38. The predicted octanol–water partition coefficient (Wildman–Crippen LogP) is 4.21. The first-order valence-corrected chi connectivity index (χ1v) is 10.6. The van der Waals surface area contributed by atoms with Crippen LogP contribution in [0.25, 0.3) is 16.8 Å². The van der Waals surface area contributed by atoms with Gasteiger partial charge in [0.05, 0.1) is 16.8 Å². The molecule has 0 fully saturated rings. The van der Waals surface area contributed by atoms with E-state index in [0.29, 0.717) is 11.2 Å². The maximum atomic E-state index is 13.1. The number of hydrogen-bond donors (Lipinski definition) is 2. The average molecular weight is 502 g/mol. The van der Waals surface area contributed by atoms with Gasteiger partial charge in [-0.1, -0.05) is 0 Å². The van der Waals surface area contributed by atoms with Crippen molar-refractivity contribution in [2.24, 2.45) is 0 Å². The number of nitrogens with two attached hydrogens (primary N) is 1. The second-order valence-corrected chi connectivity index (χ2v) is 8.68. The van der Waals surface area contributed by atoms with Gasteiger partial charge in [0.15, 0.2) is 5.65 Å². The van der Waals surface area contributed by atoms with E-state index in [-0.39, 0.29) is 29.7 Å². The number of hydrogen-bond acceptors (Lipinski definition) is 6. The Kier molecular flexibility index (Phi) is 5.38. The minimum absolute atomic E-state index is 0.00937. The summed E-state index contributed by atoms with van der Waals surface area (Å²) in [5.41, 5.74) is 2.44. The zero-order valence-corrected chi connectivity index (χ0v) is 17.4. The van der Waals surface area contributed by atoms with Crippen molar-refractivity contribution in [1.29, 1.82) is 0 Å². The van der Waals surface area contributed by atoms with Crippen molar-refractivity contribution in [2.75, 3.05) is 10.5 Å². The Morgan fingerprint density at radius 1 is 0.882 bits per heavy atom. The smallest absolute Gasteiger partial charge is 0.366 e. The molecule has 4 aromatic rings. The van der Waals surface area contributed by atoms with Gasteiger partial charge in [-0.15, -0.1) is 5.10 Å². The molecule has 0 radical (unpaired) electrons. The number of alkyl halides is 6. The van der Waals surface area contributed by atoms with Crippen molar-refractivity contribution in [3.63, 3.8) is 0 Å². The van der Waals surface area contributed by atoms with E-state index in [4.69, 9.17) is 5.73 Å². The third-order valence-corrected chi connectivity index (χ3v) is 5.89.